The van der Waals surface area contributed by atoms with E-state index in [1.54, 1.807) is 0 Å². The molecule has 0 radical (unpaired) electrons. The molecule has 0 unspecified atom stereocenters. The Bertz CT molecular complexity index is 1540. The number of imidazole rings is 1. The maximum Gasteiger partial charge on any atom is 0.410 e. The number of nitrogens with zero attached hydrogens (tertiary/aromatic N) is 4. The summed E-state index contributed by atoms with van der Waals surface area (Å²) in [6.45, 7) is 0.288. The predicted octanol–water partition coefficient (Wildman–Crippen LogP) is 4.69. The molecule has 1 saturated heterocycles. The molecule has 2 aromatic heterocycles. The second-order valence-electron chi connectivity index (χ2n) is 10.8. The molecule has 4 atom stereocenters. The van der Waals surface area contributed by atoms with Crippen molar-refractivity contribution in [2.24, 2.45) is 0 Å². The Labute approximate surface area is 238 Å². The van der Waals surface area contributed by atoms with Crippen LogP contribution in [0.4, 0.5) is 10.6 Å². The number of hydrogen-bond donors (Lipinski definition) is 3. The van der Waals surface area contributed by atoms with Gasteiger partial charge in [-0.15, -0.1) is 0 Å². The summed E-state index contributed by atoms with van der Waals surface area (Å²) in [5.74, 6) is -0.435. The molecule has 3 heterocycles. The molecule has 6 rings (SSSR count). The molecule has 1 amide bonds. The molecule has 2 aromatic carbocycles. The molecular weight excluding hydrogens is 520 g/mol. The van der Waals surface area contributed by atoms with Crippen LogP contribution in [0.25, 0.3) is 22.3 Å². The second kappa shape index (κ2) is 11.6. The van der Waals surface area contributed by atoms with E-state index in [9.17, 15) is 14.7 Å². The number of fused-ring (bicyclic) bond motifs is 1. The van der Waals surface area contributed by atoms with Crippen molar-refractivity contribution < 1.29 is 19.4 Å². The summed E-state index contributed by atoms with van der Waals surface area (Å²) in [6.07, 6.45) is 4.84. The molecule has 1 aliphatic carbocycles. The highest BCUT2D eigenvalue weighted by molar-refractivity contribution is 5.91. The molecule has 212 valence electrons. The molecule has 41 heavy (non-hydrogen) atoms. The van der Waals surface area contributed by atoms with Crippen molar-refractivity contribution in [3.63, 3.8) is 0 Å². The number of amides is 1. The van der Waals surface area contributed by atoms with Gasteiger partial charge < -0.3 is 25.0 Å². The number of nitrogens with one attached hydrogen (secondary N) is 2. The first-order chi connectivity index (χ1) is 20.0. The van der Waals surface area contributed by atoms with Crippen LogP contribution >= 0.6 is 0 Å². The number of para-hydroxylation sites is 1. The van der Waals surface area contributed by atoms with Crippen molar-refractivity contribution in [1.82, 2.24) is 24.8 Å². The van der Waals surface area contributed by atoms with Crippen molar-refractivity contribution in [2.75, 3.05) is 18.9 Å². The van der Waals surface area contributed by atoms with E-state index in [1.807, 2.05) is 74.0 Å². The zero-order valence-corrected chi connectivity index (χ0v) is 22.9. The quantitative estimate of drug-likeness (QED) is 0.287. The summed E-state index contributed by atoms with van der Waals surface area (Å²) in [5, 5.41) is 16.6. The van der Waals surface area contributed by atoms with Crippen LogP contribution in [-0.4, -0.2) is 68.3 Å². The lowest BCUT2D eigenvalue weighted by Crippen LogP contribution is -2.41. The zero-order valence-electron chi connectivity index (χ0n) is 22.9. The summed E-state index contributed by atoms with van der Waals surface area (Å²) >= 11 is 0. The molecule has 2 aliphatic rings. The molecule has 1 saturated carbocycles. The van der Waals surface area contributed by atoms with Crippen LogP contribution < -0.4 is 10.6 Å². The third-order valence-electron chi connectivity index (χ3n) is 8.20. The maximum atomic E-state index is 12.8. The maximum absolute atomic E-state index is 12.8. The van der Waals surface area contributed by atoms with Crippen LogP contribution in [0.15, 0.2) is 73.1 Å². The first-order valence-corrected chi connectivity index (χ1v) is 14.1. The molecule has 4 aromatic rings. The van der Waals surface area contributed by atoms with Crippen LogP contribution in [0.2, 0.25) is 0 Å². The number of carbonyl (C=O) groups is 2. The van der Waals surface area contributed by atoms with E-state index < -0.39 is 18.1 Å². The van der Waals surface area contributed by atoms with Gasteiger partial charge in [0.2, 0.25) is 0 Å². The van der Waals surface area contributed by atoms with E-state index in [-0.39, 0.29) is 25.6 Å². The number of aliphatic carboxylic acids is 1. The minimum atomic E-state index is -1.06. The number of carbonyl (C=O) groups excluding carboxylic acids is 1. The number of aromatic nitrogens is 3. The van der Waals surface area contributed by atoms with Crippen LogP contribution in [0.5, 0.6) is 0 Å². The number of pyridine rings is 1. The molecule has 0 spiro atoms. The van der Waals surface area contributed by atoms with Gasteiger partial charge in [-0.2, -0.15) is 0 Å². The number of hydrogen-bond acceptors (Lipinski definition) is 7. The summed E-state index contributed by atoms with van der Waals surface area (Å²) in [4.78, 5) is 35.7. The Morgan fingerprint density at radius 1 is 1.00 bits per heavy atom. The number of carboxylic acid groups (broad SMARTS) is 1. The molecule has 3 N–H and O–H groups in total. The van der Waals surface area contributed by atoms with Gasteiger partial charge in [-0.3, -0.25) is 4.90 Å². The molecule has 0 bridgehead atoms. The summed E-state index contributed by atoms with van der Waals surface area (Å²) < 4.78 is 7.73. The number of anilines is 1. The van der Waals surface area contributed by atoms with Gasteiger partial charge in [0.1, 0.15) is 18.5 Å². The molecule has 10 nitrogen and oxygen atoms in total. The van der Waals surface area contributed by atoms with Gasteiger partial charge in [-0.05, 0) is 50.1 Å². The van der Waals surface area contributed by atoms with E-state index >= 15 is 0 Å². The highest BCUT2D eigenvalue weighted by Gasteiger charge is 2.41. The predicted molar refractivity (Wildman–Crippen MR) is 155 cm³/mol. The highest BCUT2D eigenvalue weighted by atomic mass is 16.6. The van der Waals surface area contributed by atoms with Crippen LogP contribution in [-0.2, 0) is 16.1 Å². The van der Waals surface area contributed by atoms with Crippen LogP contribution in [0, 0.1) is 0 Å². The van der Waals surface area contributed by atoms with Crippen molar-refractivity contribution in [2.45, 2.75) is 56.5 Å². The summed E-state index contributed by atoms with van der Waals surface area (Å²) in [6, 6.07) is 20.8. The normalized spacial score (nSPS) is 22.2. The molecular formula is C31H34N6O4. The number of carboxylic acids is 1. The van der Waals surface area contributed by atoms with Gasteiger partial charge in [0.15, 0.2) is 0 Å². The highest BCUT2D eigenvalue weighted by Crippen LogP contribution is 2.36. The van der Waals surface area contributed by atoms with E-state index in [0.29, 0.717) is 17.9 Å². The topological polar surface area (TPSA) is 122 Å². The van der Waals surface area contributed by atoms with E-state index in [4.69, 9.17) is 9.72 Å². The lowest BCUT2D eigenvalue weighted by atomic mass is 10.1. The van der Waals surface area contributed by atoms with Crippen molar-refractivity contribution in [3.8, 4) is 11.3 Å². The van der Waals surface area contributed by atoms with Gasteiger partial charge >= 0.3 is 12.1 Å². The van der Waals surface area contributed by atoms with Crippen LogP contribution in [0.3, 0.4) is 0 Å². The Balaban J connectivity index is 1.19. The summed E-state index contributed by atoms with van der Waals surface area (Å²) in [5.41, 5.74) is 4.64. The fourth-order valence-electron chi connectivity index (χ4n) is 6.10. The molecule has 2 fully saturated rings. The van der Waals surface area contributed by atoms with Crippen molar-refractivity contribution in [3.05, 3.63) is 78.6 Å². The Kier molecular flexibility index (Phi) is 7.56. The van der Waals surface area contributed by atoms with Crippen LogP contribution in [0.1, 0.15) is 37.3 Å². The number of benzene rings is 2. The van der Waals surface area contributed by atoms with E-state index in [2.05, 4.69) is 26.3 Å². The van der Waals surface area contributed by atoms with E-state index in [0.717, 1.165) is 47.1 Å². The van der Waals surface area contributed by atoms with Crippen molar-refractivity contribution in [1.29, 1.82) is 0 Å². The van der Waals surface area contributed by atoms with Gasteiger partial charge in [0, 0.05) is 36.7 Å². The second-order valence-corrected chi connectivity index (χ2v) is 10.8. The summed E-state index contributed by atoms with van der Waals surface area (Å²) in [7, 11) is 2.02. The minimum Gasteiger partial charge on any atom is -0.480 e. The number of likely N-dealkylation sites (tertiary alicyclic amines) is 1. The average Bonchev–Trinajstić information content (AvgIpc) is 3.75. The van der Waals surface area contributed by atoms with E-state index in [1.165, 1.54) is 4.90 Å². The van der Waals surface area contributed by atoms with Gasteiger partial charge in [0.05, 0.1) is 23.1 Å². The smallest absolute Gasteiger partial charge is 0.410 e. The Morgan fingerprint density at radius 3 is 2.61 bits per heavy atom. The third-order valence-corrected chi connectivity index (χ3v) is 8.20. The standard InChI is InChI=1S/C31H34N6O4/c1-32-21-13-14-23(15-21)37-19-33-26-11-5-9-24(29(26)37)25-10-6-12-28(35-25)34-22-16-27(30(38)39)36(17-22)31(40)41-18-20-7-3-2-4-8-20/h2-12,19,21-23,27,32H,13-18H2,1H3,(H,34,35)(H,38,39)/t21-,22-,23-,27-/m0/s1. The minimum absolute atomic E-state index is 0.0861. The van der Waals surface area contributed by atoms with Gasteiger partial charge in [-0.25, -0.2) is 19.6 Å². The fourth-order valence-corrected chi connectivity index (χ4v) is 6.10. The molecule has 1 aliphatic heterocycles. The van der Waals surface area contributed by atoms with Crippen molar-refractivity contribution >= 4 is 28.9 Å². The molecule has 10 heteroatoms. The average molecular weight is 555 g/mol. The fraction of sp³-hybridized carbons (Fsp3) is 0.355. The Morgan fingerprint density at radius 2 is 1.83 bits per heavy atom. The third kappa shape index (κ3) is 5.60. The largest absolute Gasteiger partial charge is 0.480 e. The lowest BCUT2D eigenvalue weighted by molar-refractivity contribution is -0.141. The zero-order chi connectivity index (χ0) is 28.3. The lowest BCUT2D eigenvalue weighted by Gasteiger charge is -2.21. The SMILES string of the molecule is CN[C@H]1CC[C@H](n2cnc3cccc(-c4cccc(N[C@H]5C[C@@H](C(=O)O)N(C(=O)OCc6ccccc6)C5)n4)c32)C1. The Hall–Kier alpha value is -4.44. The monoisotopic (exact) mass is 554 g/mol. The first-order valence-electron chi connectivity index (χ1n) is 14.1. The number of rotatable bonds is 8. The number of ether oxygens (including phenoxy) is 1. The van der Waals surface area contributed by atoms with Gasteiger partial charge in [0.25, 0.3) is 0 Å². The first kappa shape index (κ1) is 26.8. The van der Waals surface area contributed by atoms with Gasteiger partial charge in [-0.1, -0.05) is 48.5 Å².